The molecule has 2 aliphatic rings. The Kier molecular flexibility index (Phi) is 3.64. The summed E-state index contributed by atoms with van der Waals surface area (Å²) in [4.78, 5) is 0. The van der Waals surface area contributed by atoms with Gasteiger partial charge in [0.2, 0.25) is 0 Å². The predicted octanol–water partition coefficient (Wildman–Crippen LogP) is 4.53. The number of hydrogen-bond donors (Lipinski definition) is 0. The van der Waals surface area contributed by atoms with Gasteiger partial charge in [-0.3, -0.25) is 0 Å². The molecule has 0 radical (unpaired) electrons. The summed E-state index contributed by atoms with van der Waals surface area (Å²) in [5.74, 6) is -0.256. The standard InChI is InChI=1S/C18H16F2/c19-17-12-16(10-14-7-3-4-8-14)18(20)11-15(17)9-13-5-1-2-6-13/h1-8,11-14H,9-10H2. The molecule has 1 aromatic carbocycles. The molecule has 1 aromatic rings. The van der Waals surface area contributed by atoms with Gasteiger partial charge in [0.1, 0.15) is 11.6 Å². The average Bonchev–Trinajstić information content (AvgIpc) is 3.08. The van der Waals surface area contributed by atoms with Crippen LogP contribution < -0.4 is 0 Å². The van der Waals surface area contributed by atoms with E-state index in [4.69, 9.17) is 0 Å². The number of rotatable bonds is 4. The fraction of sp³-hybridized carbons (Fsp3) is 0.222. The van der Waals surface area contributed by atoms with Gasteiger partial charge < -0.3 is 0 Å². The van der Waals surface area contributed by atoms with Gasteiger partial charge in [0, 0.05) is 0 Å². The van der Waals surface area contributed by atoms with Crippen molar-refractivity contribution in [3.8, 4) is 0 Å². The molecule has 20 heavy (non-hydrogen) atoms. The van der Waals surface area contributed by atoms with Crippen molar-refractivity contribution < 1.29 is 8.78 Å². The monoisotopic (exact) mass is 270 g/mol. The molecule has 0 fully saturated rings. The minimum Gasteiger partial charge on any atom is -0.207 e. The molecular weight excluding hydrogens is 254 g/mol. The van der Waals surface area contributed by atoms with E-state index < -0.39 is 0 Å². The van der Waals surface area contributed by atoms with Crippen LogP contribution in [0.4, 0.5) is 8.78 Å². The van der Waals surface area contributed by atoms with Gasteiger partial charge in [0.25, 0.3) is 0 Å². The Morgan fingerprint density at radius 2 is 1.00 bits per heavy atom. The van der Waals surface area contributed by atoms with E-state index in [0.29, 0.717) is 24.0 Å². The molecule has 0 nitrogen and oxygen atoms in total. The molecule has 2 heteroatoms. The quantitative estimate of drug-likeness (QED) is 0.753. The van der Waals surface area contributed by atoms with Crippen molar-refractivity contribution in [2.75, 3.05) is 0 Å². The zero-order chi connectivity index (χ0) is 13.9. The van der Waals surface area contributed by atoms with Crippen molar-refractivity contribution in [2.24, 2.45) is 11.8 Å². The first-order chi connectivity index (χ1) is 9.72. The van der Waals surface area contributed by atoms with Crippen molar-refractivity contribution in [1.82, 2.24) is 0 Å². The highest BCUT2D eigenvalue weighted by molar-refractivity contribution is 5.31. The van der Waals surface area contributed by atoms with E-state index in [-0.39, 0.29) is 23.5 Å². The summed E-state index contributed by atoms with van der Waals surface area (Å²) in [5.41, 5.74) is 0.898. The van der Waals surface area contributed by atoms with Crippen molar-refractivity contribution in [3.63, 3.8) is 0 Å². The summed E-state index contributed by atoms with van der Waals surface area (Å²) in [7, 11) is 0. The van der Waals surface area contributed by atoms with Crippen molar-refractivity contribution in [1.29, 1.82) is 0 Å². The Morgan fingerprint density at radius 1 is 0.650 bits per heavy atom. The lowest BCUT2D eigenvalue weighted by molar-refractivity contribution is 0.561. The van der Waals surface area contributed by atoms with Gasteiger partial charge in [0.05, 0.1) is 0 Å². The summed E-state index contributed by atoms with van der Waals surface area (Å²) < 4.78 is 28.2. The lowest BCUT2D eigenvalue weighted by Gasteiger charge is -2.11. The van der Waals surface area contributed by atoms with Gasteiger partial charge >= 0.3 is 0 Å². The second-order valence-corrected chi connectivity index (χ2v) is 5.31. The lowest BCUT2D eigenvalue weighted by atomic mass is 9.95. The second-order valence-electron chi connectivity index (χ2n) is 5.31. The van der Waals surface area contributed by atoms with Gasteiger partial charge in [0.15, 0.2) is 0 Å². The molecule has 0 aromatic heterocycles. The number of hydrogen-bond acceptors (Lipinski definition) is 0. The zero-order valence-corrected chi connectivity index (χ0v) is 11.1. The SMILES string of the molecule is Fc1cc(CC2C=CC=C2)c(F)cc1CC1C=CC=C1. The molecule has 3 rings (SSSR count). The maximum atomic E-state index is 14.1. The second kappa shape index (κ2) is 5.58. The molecule has 0 aliphatic heterocycles. The Bertz CT molecular complexity index is 541. The Hall–Kier alpha value is -1.96. The fourth-order valence-corrected chi connectivity index (χ4v) is 2.68. The first kappa shape index (κ1) is 13.0. The van der Waals surface area contributed by atoms with E-state index >= 15 is 0 Å². The van der Waals surface area contributed by atoms with Gasteiger partial charge in [-0.15, -0.1) is 0 Å². The molecule has 0 saturated carbocycles. The normalized spacial score (nSPS) is 17.7. The third-order valence-electron chi connectivity index (χ3n) is 3.78. The van der Waals surface area contributed by atoms with Gasteiger partial charge in [-0.25, -0.2) is 8.78 Å². The summed E-state index contributed by atoms with van der Waals surface area (Å²) in [6.45, 7) is 0. The van der Waals surface area contributed by atoms with Crippen LogP contribution in [-0.2, 0) is 12.8 Å². The molecule has 0 unspecified atom stereocenters. The average molecular weight is 270 g/mol. The van der Waals surface area contributed by atoms with Crippen molar-refractivity contribution in [2.45, 2.75) is 12.8 Å². The van der Waals surface area contributed by atoms with E-state index in [2.05, 4.69) is 0 Å². The third kappa shape index (κ3) is 2.79. The maximum Gasteiger partial charge on any atom is 0.126 e. The smallest absolute Gasteiger partial charge is 0.126 e. The summed E-state index contributed by atoms with van der Waals surface area (Å²) in [5, 5.41) is 0. The molecule has 102 valence electrons. The largest absolute Gasteiger partial charge is 0.207 e. The third-order valence-corrected chi connectivity index (χ3v) is 3.78. The summed E-state index contributed by atoms with van der Waals surface area (Å²) >= 11 is 0. The van der Waals surface area contributed by atoms with E-state index in [1.165, 1.54) is 12.1 Å². The molecule has 0 N–H and O–H groups in total. The Morgan fingerprint density at radius 3 is 1.35 bits per heavy atom. The molecule has 0 bridgehead atoms. The number of benzene rings is 1. The van der Waals surface area contributed by atoms with Crippen LogP contribution in [0.1, 0.15) is 11.1 Å². The van der Waals surface area contributed by atoms with Crippen molar-refractivity contribution in [3.05, 3.63) is 83.5 Å². The van der Waals surface area contributed by atoms with Crippen LogP contribution in [0.25, 0.3) is 0 Å². The summed E-state index contributed by atoms with van der Waals surface area (Å²) in [6, 6.07) is 2.71. The number of allylic oxidation sites excluding steroid dienone is 8. The lowest BCUT2D eigenvalue weighted by Crippen LogP contribution is -2.05. The summed E-state index contributed by atoms with van der Waals surface area (Å²) in [6.07, 6.45) is 16.8. The first-order valence-electron chi connectivity index (χ1n) is 6.89. The maximum absolute atomic E-state index is 14.1. The Balaban J connectivity index is 1.78. The zero-order valence-electron chi connectivity index (χ0n) is 11.1. The fourth-order valence-electron chi connectivity index (χ4n) is 2.68. The highest BCUT2D eigenvalue weighted by Crippen LogP contribution is 2.24. The van der Waals surface area contributed by atoms with E-state index in [1.807, 2.05) is 48.6 Å². The van der Waals surface area contributed by atoms with Gasteiger partial charge in [-0.2, -0.15) is 0 Å². The van der Waals surface area contributed by atoms with Crippen LogP contribution in [-0.4, -0.2) is 0 Å². The highest BCUT2D eigenvalue weighted by Gasteiger charge is 2.15. The molecule has 0 saturated heterocycles. The van der Waals surface area contributed by atoms with E-state index in [1.54, 1.807) is 0 Å². The van der Waals surface area contributed by atoms with Gasteiger partial charge in [-0.1, -0.05) is 48.6 Å². The van der Waals surface area contributed by atoms with Crippen LogP contribution in [0.15, 0.2) is 60.7 Å². The molecule has 0 heterocycles. The predicted molar refractivity (Wildman–Crippen MR) is 77.3 cm³/mol. The van der Waals surface area contributed by atoms with Crippen LogP contribution in [0.3, 0.4) is 0 Å². The molecular formula is C18H16F2. The van der Waals surface area contributed by atoms with E-state index in [9.17, 15) is 8.78 Å². The number of halogens is 2. The van der Waals surface area contributed by atoms with Crippen LogP contribution in [0.2, 0.25) is 0 Å². The van der Waals surface area contributed by atoms with Crippen LogP contribution in [0.5, 0.6) is 0 Å². The van der Waals surface area contributed by atoms with Crippen molar-refractivity contribution >= 4 is 0 Å². The molecule has 0 amide bonds. The molecule has 2 aliphatic carbocycles. The topological polar surface area (TPSA) is 0 Å². The van der Waals surface area contributed by atoms with E-state index in [0.717, 1.165) is 0 Å². The minimum atomic E-state index is -0.305. The molecule has 0 spiro atoms. The minimum absolute atomic E-state index is 0.176. The van der Waals surface area contributed by atoms with Crippen LogP contribution >= 0.6 is 0 Å². The highest BCUT2D eigenvalue weighted by atomic mass is 19.1. The van der Waals surface area contributed by atoms with Gasteiger partial charge in [-0.05, 0) is 47.9 Å². The molecule has 0 atom stereocenters. The Labute approximate surface area is 117 Å². The van der Waals surface area contributed by atoms with Crippen LogP contribution in [0, 0.1) is 23.5 Å². The first-order valence-corrected chi connectivity index (χ1v) is 6.89.